The molecule has 0 radical (unpaired) electrons. The predicted molar refractivity (Wildman–Crippen MR) is 71.0 cm³/mol. The molecule has 0 saturated heterocycles. The van der Waals surface area contributed by atoms with Gasteiger partial charge in [0.2, 0.25) is 0 Å². The van der Waals surface area contributed by atoms with E-state index in [0.29, 0.717) is 15.7 Å². The molecule has 0 aliphatic carbocycles. The molecule has 0 saturated carbocycles. The van der Waals surface area contributed by atoms with Crippen molar-refractivity contribution in [1.29, 1.82) is 0 Å². The Morgan fingerprint density at radius 3 is 2.79 bits per heavy atom. The lowest BCUT2D eigenvalue weighted by Gasteiger charge is -2.04. The van der Waals surface area contributed by atoms with E-state index in [1.807, 2.05) is 0 Å². The van der Waals surface area contributed by atoms with Gasteiger partial charge in [-0.3, -0.25) is 10.1 Å². The van der Waals surface area contributed by atoms with Crippen molar-refractivity contribution in [1.82, 2.24) is 4.98 Å². The van der Waals surface area contributed by atoms with Gasteiger partial charge in [-0.15, -0.1) is 0 Å². The number of nitrogens with zero attached hydrogens (tertiary/aromatic N) is 2. The summed E-state index contributed by atoms with van der Waals surface area (Å²) in [5, 5.41) is 14.0. The first kappa shape index (κ1) is 13.3. The maximum Gasteiger partial charge on any atom is 0.275 e. The molecular formula is C12H10FN3O2S. The Balaban J connectivity index is 2.34. The molecule has 0 spiro atoms. The zero-order chi connectivity index (χ0) is 13.8. The van der Waals surface area contributed by atoms with Crippen LogP contribution in [0.15, 0.2) is 46.3 Å². The average Bonchev–Trinajstić information content (AvgIpc) is 2.38. The van der Waals surface area contributed by atoms with Gasteiger partial charge >= 0.3 is 0 Å². The first-order chi connectivity index (χ1) is 9.08. The molecule has 2 aromatic rings. The number of nitrogens with one attached hydrogen (secondary N) is 1. The van der Waals surface area contributed by atoms with Crippen LogP contribution >= 0.6 is 11.8 Å². The van der Waals surface area contributed by atoms with Crippen molar-refractivity contribution in [3.05, 3.63) is 52.3 Å². The van der Waals surface area contributed by atoms with Crippen molar-refractivity contribution in [3.63, 3.8) is 0 Å². The normalized spacial score (nSPS) is 10.2. The first-order valence-corrected chi connectivity index (χ1v) is 6.18. The fraction of sp³-hybridized carbons (Fsp3) is 0.0833. The van der Waals surface area contributed by atoms with Gasteiger partial charge in [-0.2, -0.15) is 0 Å². The maximum atomic E-state index is 13.1. The van der Waals surface area contributed by atoms with Crippen molar-refractivity contribution in [2.24, 2.45) is 0 Å². The molecule has 0 aliphatic heterocycles. The van der Waals surface area contributed by atoms with Gasteiger partial charge in [0.15, 0.2) is 0 Å². The SMILES string of the molecule is CNc1cc([N+](=O)[O-])cc(Sc2cccc(F)c2)n1. The third-order valence-electron chi connectivity index (χ3n) is 2.27. The van der Waals surface area contributed by atoms with Gasteiger partial charge in [0, 0.05) is 18.0 Å². The van der Waals surface area contributed by atoms with Gasteiger partial charge in [-0.25, -0.2) is 9.37 Å². The smallest absolute Gasteiger partial charge is 0.275 e. The number of hydrogen-bond donors (Lipinski definition) is 1. The second kappa shape index (κ2) is 5.66. The molecule has 7 heteroatoms. The van der Waals surface area contributed by atoms with Crippen molar-refractivity contribution < 1.29 is 9.31 Å². The molecule has 1 aromatic carbocycles. The summed E-state index contributed by atoms with van der Waals surface area (Å²) in [6.45, 7) is 0. The molecule has 0 unspecified atom stereocenters. The number of rotatable bonds is 4. The summed E-state index contributed by atoms with van der Waals surface area (Å²) in [6, 6.07) is 8.68. The van der Waals surface area contributed by atoms with Gasteiger partial charge in [-0.05, 0) is 18.2 Å². The zero-order valence-electron chi connectivity index (χ0n) is 9.96. The summed E-state index contributed by atoms with van der Waals surface area (Å²) in [5.41, 5.74) is -0.0572. The van der Waals surface area contributed by atoms with Crippen LogP contribution in [0.3, 0.4) is 0 Å². The number of nitro groups is 1. The summed E-state index contributed by atoms with van der Waals surface area (Å²) >= 11 is 1.17. The third kappa shape index (κ3) is 3.41. The lowest BCUT2D eigenvalue weighted by atomic mass is 10.3. The minimum absolute atomic E-state index is 0.0572. The highest BCUT2D eigenvalue weighted by Crippen LogP contribution is 2.30. The van der Waals surface area contributed by atoms with Crippen LogP contribution < -0.4 is 5.32 Å². The molecule has 0 bridgehead atoms. The third-order valence-corrected chi connectivity index (χ3v) is 3.18. The van der Waals surface area contributed by atoms with E-state index in [2.05, 4.69) is 10.3 Å². The van der Waals surface area contributed by atoms with E-state index < -0.39 is 4.92 Å². The van der Waals surface area contributed by atoms with Crippen LogP contribution in [-0.4, -0.2) is 17.0 Å². The Morgan fingerprint density at radius 1 is 1.37 bits per heavy atom. The standard InChI is InChI=1S/C12H10FN3O2S/c1-14-11-6-9(16(17)18)7-12(15-11)19-10-4-2-3-8(13)5-10/h2-7H,1H3,(H,14,15). The van der Waals surface area contributed by atoms with Crippen molar-refractivity contribution >= 4 is 23.3 Å². The number of benzene rings is 1. The van der Waals surface area contributed by atoms with Crippen LogP contribution in [-0.2, 0) is 0 Å². The van der Waals surface area contributed by atoms with Crippen molar-refractivity contribution in [2.45, 2.75) is 9.92 Å². The minimum atomic E-state index is -0.488. The van der Waals surface area contributed by atoms with E-state index in [1.54, 1.807) is 19.2 Å². The number of halogens is 1. The Morgan fingerprint density at radius 2 is 2.16 bits per heavy atom. The fourth-order valence-electron chi connectivity index (χ4n) is 1.43. The fourth-order valence-corrected chi connectivity index (χ4v) is 2.31. The van der Waals surface area contributed by atoms with Crippen LogP contribution in [0.2, 0.25) is 0 Å². The van der Waals surface area contributed by atoms with E-state index in [1.165, 1.54) is 36.0 Å². The molecule has 0 aliphatic rings. The summed E-state index contributed by atoms with van der Waals surface area (Å²) in [6.07, 6.45) is 0. The number of pyridine rings is 1. The lowest BCUT2D eigenvalue weighted by Crippen LogP contribution is -1.96. The molecular weight excluding hydrogens is 269 g/mol. The van der Waals surface area contributed by atoms with Gasteiger partial charge in [0.1, 0.15) is 16.7 Å². The molecule has 1 aromatic heterocycles. The summed E-state index contributed by atoms with van der Waals surface area (Å²) < 4.78 is 13.1. The minimum Gasteiger partial charge on any atom is -0.373 e. The van der Waals surface area contributed by atoms with Crippen LogP contribution in [0, 0.1) is 15.9 Å². The predicted octanol–water partition coefficient (Wildman–Crippen LogP) is 3.32. The Labute approximate surface area is 113 Å². The molecule has 1 heterocycles. The molecule has 0 fully saturated rings. The molecule has 5 nitrogen and oxygen atoms in total. The summed E-state index contributed by atoms with van der Waals surface area (Å²) in [4.78, 5) is 15.1. The second-order valence-electron chi connectivity index (χ2n) is 3.62. The van der Waals surface area contributed by atoms with Gasteiger partial charge in [0.25, 0.3) is 5.69 Å². The maximum absolute atomic E-state index is 13.1. The van der Waals surface area contributed by atoms with Crippen LogP contribution in [0.4, 0.5) is 15.9 Å². The molecule has 19 heavy (non-hydrogen) atoms. The Bertz CT molecular complexity index is 622. The number of anilines is 1. The molecule has 0 atom stereocenters. The van der Waals surface area contributed by atoms with Gasteiger partial charge in [-0.1, -0.05) is 17.8 Å². The van der Waals surface area contributed by atoms with Crippen LogP contribution in [0.1, 0.15) is 0 Å². The second-order valence-corrected chi connectivity index (χ2v) is 4.71. The van der Waals surface area contributed by atoms with E-state index in [9.17, 15) is 14.5 Å². The van der Waals surface area contributed by atoms with Gasteiger partial charge < -0.3 is 5.32 Å². The Kier molecular flexibility index (Phi) is 3.96. The molecule has 0 amide bonds. The zero-order valence-corrected chi connectivity index (χ0v) is 10.8. The van der Waals surface area contributed by atoms with Crippen molar-refractivity contribution in [2.75, 3.05) is 12.4 Å². The summed E-state index contributed by atoms with van der Waals surface area (Å²) in [5.74, 6) is 0.0392. The average molecular weight is 279 g/mol. The van der Waals surface area contributed by atoms with E-state index in [4.69, 9.17) is 0 Å². The first-order valence-electron chi connectivity index (χ1n) is 5.36. The highest BCUT2D eigenvalue weighted by molar-refractivity contribution is 7.99. The quantitative estimate of drug-likeness (QED) is 0.686. The van der Waals surface area contributed by atoms with E-state index in [0.717, 1.165) is 0 Å². The highest BCUT2D eigenvalue weighted by atomic mass is 32.2. The summed E-state index contributed by atoms with van der Waals surface area (Å²) in [7, 11) is 1.63. The number of aromatic nitrogens is 1. The largest absolute Gasteiger partial charge is 0.373 e. The highest BCUT2D eigenvalue weighted by Gasteiger charge is 2.11. The lowest BCUT2D eigenvalue weighted by molar-refractivity contribution is -0.385. The Hall–Kier alpha value is -2.15. The van der Waals surface area contributed by atoms with E-state index >= 15 is 0 Å². The molecule has 1 N–H and O–H groups in total. The monoisotopic (exact) mass is 279 g/mol. The van der Waals surface area contributed by atoms with Crippen LogP contribution in [0.5, 0.6) is 0 Å². The molecule has 98 valence electrons. The topological polar surface area (TPSA) is 68.1 Å². The van der Waals surface area contributed by atoms with Crippen molar-refractivity contribution in [3.8, 4) is 0 Å². The van der Waals surface area contributed by atoms with Gasteiger partial charge in [0.05, 0.1) is 11.0 Å². The molecule has 2 rings (SSSR count). The van der Waals surface area contributed by atoms with E-state index in [-0.39, 0.29) is 11.5 Å². The van der Waals surface area contributed by atoms with Crippen LogP contribution in [0.25, 0.3) is 0 Å². The number of hydrogen-bond acceptors (Lipinski definition) is 5.